The average Bonchev–Trinajstić information content (AvgIpc) is 2.45. The number of hydrogen-bond acceptors (Lipinski definition) is 2. The molecule has 20 heavy (non-hydrogen) atoms. The van der Waals surface area contributed by atoms with E-state index in [1.54, 1.807) is 0 Å². The predicted octanol–water partition coefficient (Wildman–Crippen LogP) is 5.79. The molecule has 0 heterocycles. The van der Waals surface area contributed by atoms with E-state index < -0.39 is 0 Å². The number of carbonyl (C=O) groups is 1. The van der Waals surface area contributed by atoms with Gasteiger partial charge in [0.25, 0.3) is 0 Å². The van der Waals surface area contributed by atoms with E-state index in [4.69, 9.17) is 4.74 Å². The van der Waals surface area contributed by atoms with Gasteiger partial charge in [0.2, 0.25) is 0 Å². The van der Waals surface area contributed by atoms with Crippen LogP contribution in [0.4, 0.5) is 0 Å². The summed E-state index contributed by atoms with van der Waals surface area (Å²) in [5.74, 6) is -0.0659. The third kappa shape index (κ3) is 15.7. The van der Waals surface area contributed by atoms with Gasteiger partial charge in [-0.3, -0.25) is 4.79 Å². The number of allylic oxidation sites excluding steroid dienone is 1. The molecule has 0 aliphatic rings. The Hall–Kier alpha value is -0.310. The Labute approximate surface area is 133 Å². The van der Waals surface area contributed by atoms with E-state index in [2.05, 4.69) is 28.9 Å². The van der Waals surface area contributed by atoms with E-state index in [0.29, 0.717) is 13.0 Å². The second-order valence-electron chi connectivity index (χ2n) is 5.21. The number of halogens is 1. The van der Waals surface area contributed by atoms with E-state index in [0.717, 1.165) is 31.0 Å². The van der Waals surface area contributed by atoms with Crippen LogP contribution in [0.3, 0.4) is 0 Å². The van der Waals surface area contributed by atoms with Crippen molar-refractivity contribution in [1.82, 2.24) is 0 Å². The second-order valence-corrected chi connectivity index (χ2v) is 6.00. The van der Waals surface area contributed by atoms with Crippen LogP contribution in [0.2, 0.25) is 0 Å². The standard InChI is InChI=1S/C17H31BrO2/c1-2-3-4-5-6-7-8-9-13-16-20-17(19)14-11-10-12-15-18/h9,13H,2-8,10-12,14-16H2,1H3/b13-9+. The summed E-state index contributed by atoms with van der Waals surface area (Å²) in [6, 6.07) is 0. The summed E-state index contributed by atoms with van der Waals surface area (Å²) in [4.78, 5) is 11.4. The highest BCUT2D eigenvalue weighted by Crippen LogP contribution is 2.07. The van der Waals surface area contributed by atoms with Crippen LogP contribution in [0, 0.1) is 0 Å². The molecule has 0 saturated carbocycles. The third-order valence-corrected chi connectivity index (χ3v) is 3.81. The Morgan fingerprint density at radius 2 is 1.65 bits per heavy atom. The number of carbonyl (C=O) groups excluding carboxylic acids is 1. The zero-order valence-corrected chi connectivity index (χ0v) is 14.6. The normalized spacial score (nSPS) is 11.1. The van der Waals surface area contributed by atoms with Crippen molar-refractivity contribution in [2.75, 3.05) is 11.9 Å². The summed E-state index contributed by atoms with van der Waals surface area (Å²) in [6.45, 7) is 2.68. The largest absolute Gasteiger partial charge is 0.461 e. The molecule has 0 aromatic rings. The van der Waals surface area contributed by atoms with E-state index in [1.807, 2.05) is 6.08 Å². The second kappa shape index (κ2) is 16.7. The number of hydrogen-bond donors (Lipinski definition) is 0. The molecule has 0 aromatic carbocycles. The van der Waals surface area contributed by atoms with Crippen molar-refractivity contribution in [1.29, 1.82) is 0 Å². The zero-order chi connectivity index (χ0) is 14.9. The van der Waals surface area contributed by atoms with Crippen LogP contribution in [0.5, 0.6) is 0 Å². The molecular weight excluding hydrogens is 316 g/mol. The smallest absolute Gasteiger partial charge is 0.306 e. The molecule has 0 fully saturated rings. The van der Waals surface area contributed by atoms with Gasteiger partial charge in [0.15, 0.2) is 0 Å². The van der Waals surface area contributed by atoms with E-state index >= 15 is 0 Å². The molecule has 0 saturated heterocycles. The molecule has 0 amide bonds. The minimum atomic E-state index is -0.0659. The number of alkyl halides is 1. The number of rotatable bonds is 14. The van der Waals surface area contributed by atoms with Gasteiger partial charge < -0.3 is 4.74 Å². The molecule has 0 N–H and O–H groups in total. The minimum Gasteiger partial charge on any atom is -0.461 e. The van der Waals surface area contributed by atoms with Gasteiger partial charge in [0, 0.05) is 11.8 Å². The van der Waals surface area contributed by atoms with Crippen molar-refractivity contribution < 1.29 is 9.53 Å². The molecule has 0 aliphatic heterocycles. The SMILES string of the molecule is CCCCCCCC/C=C/COC(=O)CCCCCBr. The van der Waals surface area contributed by atoms with Gasteiger partial charge in [0.05, 0.1) is 0 Å². The topological polar surface area (TPSA) is 26.3 Å². The van der Waals surface area contributed by atoms with Crippen LogP contribution in [-0.4, -0.2) is 17.9 Å². The van der Waals surface area contributed by atoms with Crippen molar-refractivity contribution in [2.45, 2.75) is 77.6 Å². The Bertz CT molecular complexity index is 239. The predicted molar refractivity (Wildman–Crippen MR) is 90.4 cm³/mol. The van der Waals surface area contributed by atoms with Crippen LogP contribution in [-0.2, 0) is 9.53 Å². The maximum absolute atomic E-state index is 11.4. The highest BCUT2D eigenvalue weighted by Gasteiger charge is 2.00. The molecule has 3 heteroatoms. The molecule has 0 aliphatic carbocycles. The fraction of sp³-hybridized carbons (Fsp3) is 0.824. The monoisotopic (exact) mass is 346 g/mol. The van der Waals surface area contributed by atoms with Gasteiger partial charge >= 0.3 is 5.97 Å². The minimum absolute atomic E-state index is 0.0659. The molecule has 0 bridgehead atoms. The Morgan fingerprint density at radius 1 is 0.950 bits per heavy atom. The quantitative estimate of drug-likeness (QED) is 0.172. The van der Waals surface area contributed by atoms with Gasteiger partial charge in [-0.2, -0.15) is 0 Å². The lowest BCUT2D eigenvalue weighted by atomic mass is 10.1. The molecule has 0 spiro atoms. The van der Waals surface area contributed by atoms with Crippen LogP contribution >= 0.6 is 15.9 Å². The molecule has 0 radical (unpaired) electrons. The van der Waals surface area contributed by atoms with Crippen molar-refractivity contribution >= 4 is 21.9 Å². The van der Waals surface area contributed by atoms with Gasteiger partial charge in [-0.1, -0.05) is 73.5 Å². The molecular formula is C17H31BrO2. The van der Waals surface area contributed by atoms with Crippen molar-refractivity contribution in [2.24, 2.45) is 0 Å². The van der Waals surface area contributed by atoms with Gasteiger partial charge in [-0.05, 0) is 25.7 Å². The highest BCUT2D eigenvalue weighted by atomic mass is 79.9. The van der Waals surface area contributed by atoms with Crippen molar-refractivity contribution in [3.63, 3.8) is 0 Å². The Balaban J connectivity index is 3.23. The van der Waals surface area contributed by atoms with Crippen LogP contribution in [0.25, 0.3) is 0 Å². The summed E-state index contributed by atoms with van der Waals surface area (Å²) in [6.07, 6.45) is 16.9. The molecule has 0 atom stereocenters. The Kier molecular flexibility index (Phi) is 16.5. The van der Waals surface area contributed by atoms with Crippen molar-refractivity contribution in [3.8, 4) is 0 Å². The van der Waals surface area contributed by atoms with Crippen LogP contribution < -0.4 is 0 Å². The summed E-state index contributed by atoms with van der Waals surface area (Å²) >= 11 is 3.38. The number of esters is 1. The third-order valence-electron chi connectivity index (χ3n) is 3.25. The fourth-order valence-corrected chi connectivity index (χ4v) is 2.38. The fourth-order valence-electron chi connectivity index (χ4n) is 1.98. The van der Waals surface area contributed by atoms with Crippen molar-refractivity contribution in [3.05, 3.63) is 12.2 Å². The highest BCUT2D eigenvalue weighted by molar-refractivity contribution is 9.09. The van der Waals surface area contributed by atoms with E-state index in [1.165, 1.54) is 38.5 Å². The zero-order valence-electron chi connectivity index (χ0n) is 13.0. The molecule has 0 unspecified atom stereocenters. The summed E-state index contributed by atoms with van der Waals surface area (Å²) in [5, 5.41) is 1.02. The molecule has 118 valence electrons. The van der Waals surface area contributed by atoms with Crippen LogP contribution in [0.15, 0.2) is 12.2 Å². The number of ether oxygens (including phenoxy) is 1. The number of unbranched alkanes of at least 4 members (excludes halogenated alkanes) is 8. The lowest BCUT2D eigenvalue weighted by molar-refractivity contribution is -0.142. The summed E-state index contributed by atoms with van der Waals surface area (Å²) in [5.41, 5.74) is 0. The first-order chi connectivity index (χ1) is 9.81. The summed E-state index contributed by atoms with van der Waals surface area (Å²) in [7, 11) is 0. The molecule has 2 nitrogen and oxygen atoms in total. The lowest BCUT2D eigenvalue weighted by Gasteiger charge is -2.01. The average molecular weight is 347 g/mol. The molecule has 0 aromatic heterocycles. The first-order valence-electron chi connectivity index (χ1n) is 8.17. The Morgan fingerprint density at radius 3 is 2.40 bits per heavy atom. The van der Waals surface area contributed by atoms with Gasteiger partial charge in [-0.25, -0.2) is 0 Å². The lowest BCUT2D eigenvalue weighted by Crippen LogP contribution is -2.04. The van der Waals surface area contributed by atoms with E-state index in [-0.39, 0.29) is 5.97 Å². The van der Waals surface area contributed by atoms with Gasteiger partial charge in [0.1, 0.15) is 6.61 Å². The van der Waals surface area contributed by atoms with Crippen LogP contribution in [0.1, 0.15) is 77.6 Å². The summed E-state index contributed by atoms with van der Waals surface area (Å²) < 4.78 is 5.14. The maximum atomic E-state index is 11.4. The molecule has 0 rings (SSSR count). The van der Waals surface area contributed by atoms with E-state index in [9.17, 15) is 4.79 Å². The van der Waals surface area contributed by atoms with Gasteiger partial charge in [-0.15, -0.1) is 0 Å². The first-order valence-corrected chi connectivity index (χ1v) is 9.30. The first kappa shape index (κ1) is 19.7. The maximum Gasteiger partial charge on any atom is 0.306 e.